The smallest absolute Gasteiger partial charge is 0.257 e. The molecule has 0 aliphatic carbocycles. The van der Waals surface area contributed by atoms with Gasteiger partial charge in [0.25, 0.3) is 10.0 Å². The Bertz CT molecular complexity index is 759. The molecule has 114 valence electrons. The van der Waals surface area contributed by atoms with Crippen LogP contribution in [0.4, 0.5) is 4.39 Å². The molecule has 0 spiro atoms. The maximum atomic E-state index is 13.1. The van der Waals surface area contributed by atoms with Crippen molar-refractivity contribution in [2.24, 2.45) is 5.14 Å². The fraction of sp³-hybridized carbons (Fsp3) is 0.308. The monoisotopic (exact) mass is 375 g/mol. The van der Waals surface area contributed by atoms with Crippen LogP contribution in [-0.4, -0.2) is 18.0 Å². The SMILES string of the molecule is CCCc1nc(S(N)(=O)=O)cn1Cc1ccc(F)cc1Br. The summed E-state index contributed by atoms with van der Waals surface area (Å²) in [5, 5.41) is 4.97. The van der Waals surface area contributed by atoms with Crippen molar-refractivity contribution in [3.05, 3.63) is 46.1 Å². The van der Waals surface area contributed by atoms with Gasteiger partial charge in [0.15, 0.2) is 5.03 Å². The van der Waals surface area contributed by atoms with Crippen molar-refractivity contribution in [3.8, 4) is 0 Å². The van der Waals surface area contributed by atoms with Crippen molar-refractivity contribution in [2.75, 3.05) is 0 Å². The first kappa shape index (κ1) is 16.1. The summed E-state index contributed by atoms with van der Waals surface area (Å²) < 4.78 is 38.3. The second-order valence-electron chi connectivity index (χ2n) is 4.65. The second-order valence-corrected chi connectivity index (χ2v) is 7.02. The molecule has 8 heteroatoms. The van der Waals surface area contributed by atoms with E-state index in [1.165, 1.54) is 18.3 Å². The summed E-state index contributed by atoms with van der Waals surface area (Å²) in [5.74, 6) is 0.299. The summed E-state index contributed by atoms with van der Waals surface area (Å²) in [6.45, 7) is 2.36. The van der Waals surface area contributed by atoms with Crippen molar-refractivity contribution < 1.29 is 12.8 Å². The molecule has 1 heterocycles. The molecule has 2 N–H and O–H groups in total. The molecule has 21 heavy (non-hydrogen) atoms. The van der Waals surface area contributed by atoms with Gasteiger partial charge >= 0.3 is 0 Å². The summed E-state index contributed by atoms with van der Waals surface area (Å²) in [4.78, 5) is 4.08. The van der Waals surface area contributed by atoms with Gasteiger partial charge in [-0.2, -0.15) is 0 Å². The number of aromatic nitrogens is 2. The highest BCUT2D eigenvalue weighted by Crippen LogP contribution is 2.21. The molecule has 1 aromatic carbocycles. The lowest BCUT2D eigenvalue weighted by molar-refractivity contribution is 0.594. The minimum Gasteiger partial charge on any atom is -0.329 e. The number of imidazole rings is 1. The number of aryl methyl sites for hydroxylation is 1. The lowest BCUT2D eigenvalue weighted by atomic mass is 10.2. The summed E-state index contributed by atoms with van der Waals surface area (Å²) in [6.07, 6.45) is 2.87. The number of hydrogen-bond donors (Lipinski definition) is 1. The van der Waals surface area contributed by atoms with Gasteiger partial charge < -0.3 is 4.57 Å². The van der Waals surface area contributed by atoms with E-state index in [1.54, 1.807) is 10.6 Å². The highest BCUT2D eigenvalue weighted by molar-refractivity contribution is 9.10. The Hall–Kier alpha value is -1.25. The molecule has 0 unspecified atom stereocenters. The van der Waals surface area contributed by atoms with E-state index in [2.05, 4.69) is 20.9 Å². The number of primary sulfonamides is 1. The van der Waals surface area contributed by atoms with E-state index in [-0.39, 0.29) is 10.8 Å². The normalized spacial score (nSPS) is 11.8. The van der Waals surface area contributed by atoms with Gasteiger partial charge in [0.2, 0.25) is 0 Å². The predicted octanol–water partition coefficient (Wildman–Crippen LogP) is 2.43. The minimum absolute atomic E-state index is 0.149. The zero-order valence-corrected chi connectivity index (χ0v) is 13.8. The lowest BCUT2D eigenvalue weighted by Crippen LogP contribution is -2.12. The fourth-order valence-electron chi connectivity index (χ4n) is 1.96. The minimum atomic E-state index is -3.84. The van der Waals surface area contributed by atoms with Crippen LogP contribution >= 0.6 is 15.9 Å². The molecule has 0 atom stereocenters. The Kier molecular flexibility index (Phi) is 4.80. The predicted molar refractivity (Wildman–Crippen MR) is 80.8 cm³/mol. The number of nitrogens with zero attached hydrogens (tertiary/aromatic N) is 2. The number of benzene rings is 1. The average Bonchev–Trinajstić information content (AvgIpc) is 2.76. The van der Waals surface area contributed by atoms with Gasteiger partial charge in [-0.15, -0.1) is 0 Å². The van der Waals surface area contributed by atoms with E-state index in [0.717, 1.165) is 12.0 Å². The molecule has 2 rings (SSSR count). The van der Waals surface area contributed by atoms with Gasteiger partial charge in [0, 0.05) is 23.6 Å². The standard InChI is InChI=1S/C13H15BrFN3O2S/c1-2-3-12-17-13(21(16,19)20)8-18(12)7-9-4-5-10(15)6-11(9)14/h4-6,8H,2-3,7H2,1H3,(H2,16,19,20). The van der Waals surface area contributed by atoms with Crippen LogP contribution < -0.4 is 5.14 Å². The number of nitrogens with two attached hydrogens (primary N) is 1. The molecule has 0 saturated carbocycles. The zero-order valence-electron chi connectivity index (χ0n) is 11.4. The van der Waals surface area contributed by atoms with Gasteiger partial charge in [-0.25, -0.2) is 22.9 Å². The number of hydrogen-bond acceptors (Lipinski definition) is 3. The third-order valence-corrected chi connectivity index (χ3v) is 4.48. The summed E-state index contributed by atoms with van der Waals surface area (Å²) in [7, 11) is -3.84. The van der Waals surface area contributed by atoms with Gasteiger partial charge in [-0.05, 0) is 24.1 Å². The second kappa shape index (κ2) is 6.25. The van der Waals surface area contributed by atoms with E-state index >= 15 is 0 Å². The van der Waals surface area contributed by atoms with Crippen molar-refractivity contribution in [3.63, 3.8) is 0 Å². The van der Waals surface area contributed by atoms with Crippen LogP contribution in [0.2, 0.25) is 0 Å². The molecule has 1 aromatic heterocycles. The molecular formula is C13H15BrFN3O2S. The first-order valence-electron chi connectivity index (χ1n) is 6.34. The number of rotatable bonds is 5. The van der Waals surface area contributed by atoms with Gasteiger partial charge in [-0.1, -0.05) is 28.9 Å². The van der Waals surface area contributed by atoms with E-state index in [4.69, 9.17) is 5.14 Å². The topological polar surface area (TPSA) is 78.0 Å². The Morgan fingerprint density at radius 1 is 1.43 bits per heavy atom. The first-order chi connectivity index (χ1) is 9.81. The van der Waals surface area contributed by atoms with Crippen LogP contribution in [0.5, 0.6) is 0 Å². The van der Waals surface area contributed by atoms with Crippen LogP contribution in [0.25, 0.3) is 0 Å². The molecule has 2 aromatic rings. The molecular weight excluding hydrogens is 361 g/mol. The van der Waals surface area contributed by atoms with Crippen molar-refractivity contribution >= 4 is 26.0 Å². The molecule has 0 radical (unpaired) electrons. The van der Waals surface area contributed by atoms with Crippen LogP contribution in [0, 0.1) is 5.82 Å². The maximum absolute atomic E-state index is 13.1. The zero-order chi connectivity index (χ0) is 15.6. The largest absolute Gasteiger partial charge is 0.329 e. The van der Waals surface area contributed by atoms with E-state index < -0.39 is 10.0 Å². The Morgan fingerprint density at radius 3 is 2.71 bits per heavy atom. The van der Waals surface area contributed by atoms with Gasteiger partial charge in [0.05, 0.1) is 0 Å². The molecule has 0 bridgehead atoms. The van der Waals surface area contributed by atoms with E-state index in [1.807, 2.05) is 6.92 Å². The number of sulfonamides is 1. The number of halogens is 2. The van der Waals surface area contributed by atoms with Crippen molar-refractivity contribution in [1.82, 2.24) is 9.55 Å². The maximum Gasteiger partial charge on any atom is 0.257 e. The summed E-state index contributed by atoms with van der Waals surface area (Å²) in [5.41, 5.74) is 0.826. The molecule has 0 fully saturated rings. The van der Waals surface area contributed by atoms with Gasteiger partial charge in [0.1, 0.15) is 11.6 Å². The molecule has 0 amide bonds. The van der Waals surface area contributed by atoms with Crippen LogP contribution in [0.1, 0.15) is 24.7 Å². The van der Waals surface area contributed by atoms with E-state index in [0.29, 0.717) is 23.3 Å². The fourth-order valence-corrected chi connectivity index (χ4v) is 2.94. The Labute approximate surface area is 131 Å². The molecule has 0 aliphatic rings. The highest BCUT2D eigenvalue weighted by atomic mass is 79.9. The lowest BCUT2D eigenvalue weighted by Gasteiger charge is -2.09. The Balaban J connectivity index is 2.40. The molecule has 5 nitrogen and oxygen atoms in total. The van der Waals surface area contributed by atoms with Gasteiger partial charge in [-0.3, -0.25) is 0 Å². The van der Waals surface area contributed by atoms with E-state index in [9.17, 15) is 12.8 Å². The third-order valence-electron chi connectivity index (χ3n) is 2.96. The quantitative estimate of drug-likeness (QED) is 0.871. The first-order valence-corrected chi connectivity index (χ1v) is 8.68. The average molecular weight is 376 g/mol. The molecule has 0 saturated heterocycles. The van der Waals surface area contributed by atoms with Crippen LogP contribution in [-0.2, 0) is 23.0 Å². The van der Waals surface area contributed by atoms with Crippen molar-refractivity contribution in [1.29, 1.82) is 0 Å². The highest BCUT2D eigenvalue weighted by Gasteiger charge is 2.16. The molecule has 0 aliphatic heterocycles. The van der Waals surface area contributed by atoms with Crippen LogP contribution in [0.15, 0.2) is 33.9 Å². The third kappa shape index (κ3) is 3.90. The summed E-state index contributed by atoms with van der Waals surface area (Å²) in [6, 6.07) is 4.37. The van der Waals surface area contributed by atoms with Crippen molar-refractivity contribution in [2.45, 2.75) is 31.3 Å². The summed E-state index contributed by atoms with van der Waals surface area (Å²) >= 11 is 3.30. The van der Waals surface area contributed by atoms with Crippen LogP contribution in [0.3, 0.4) is 0 Å². The Morgan fingerprint density at radius 2 is 2.14 bits per heavy atom.